The molecular weight excluding hydrogens is 547 g/mol. The molecular formula is C25H25IN4O4. The van der Waals surface area contributed by atoms with Crippen molar-refractivity contribution in [1.82, 2.24) is 19.3 Å². The van der Waals surface area contributed by atoms with Crippen molar-refractivity contribution in [2.75, 3.05) is 13.7 Å². The predicted octanol–water partition coefficient (Wildman–Crippen LogP) is 4.63. The normalized spacial score (nSPS) is 15.5. The van der Waals surface area contributed by atoms with Crippen LogP contribution in [-0.2, 0) is 12.8 Å². The first kappa shape index (κ1) is 22.7. The van der Waals surface area contributed by atoms with Gasteiger partial charge < -0.3 is 17.7 Å². The summed E-state index contributed by atoms with van der Waals surface area (Å²) in [5.41, 5.74) is 5.28. The van der Waals surface area contributed by atoms with Crippen LogP contribution in [0.2, 0.25) is 0 Å². The van der Waals surface area contributed by atoms with E-state index in [4.69, 9.17) is 7.80 Å². The van der Waals surface area contributed by atoms with Gasteiger partial charge in [-0.25, -0.2) is 4.98 Å². The number of hydrogen-bond donors (Lipinski definition) is 1. The molecule has 8 nitrogen and oxygen atoms in total. The molecule has 1 atom stereocenters. The fourth-order valence-electron chi connectivity index (χ4n) is 4.88. The van der Waals surface area contributed by atoms with Crippen molar-refractivity contribution in [3.8, 4) is 11.5 Å². The topological polar surface area (TPSA) is 88.9 Å². The molecule has 2 aromatic heterocycles. The number of H-pyrrole nitrogens is 1. The van der Waals surface area contributed by atoms with E-state index >= 15 is 0 Å². The van der Waals surface area contributed by atoms with E-state index < -0.39 is 0 Å². The Morgan fingerprint density at radius 2 is 2.09 bits per heavy atom. The molecule has 34 heavy (non-hydrogen) atoms. The Balaban J connectivity index is 1.53. The Morgan fingerprint density at radius 3 is 2.82 bits per heavy atom. The molecule has 1 N–H and O–H groups in total. The third kappa shape index (κ3) is 3.62. The van der Waals surface area contributed by atoms with Crippen LogP contribution in [-0.4, -0.2) is 38.8 Å². The lowest BCUT2D eigenvalue weighted by atomic mass is 9.92. The number of nitrogens with one attached hydrogen (secondary N) is 1. The number of aryl methyl sites for hydroxylation is 1. The summed E-state index contributed by atoms with van der Waals surface area (Å²) in [6.45, 7) is 4.71. The summed E-state index contributed by atoms with van der Waals surface area (Å²) in [6.07, 6.45) is 4.24. The van der Waals surface area contributed by atoms with Gasteiger partial charge >= 0.3 is 0 Å². The lowest BCUT2D eigenvalue weighted by Crippen LogP contribution is -2.38. The highest BCUT2D eigenvalue weighted by molar-refractivity contribution is 14.1. The van der Waals surface area contributed by atoms with Crippen molar-refractivity contribution in [2.45, 2.75) is 39.2 Å². The SMILES string of the molecule is CCCc1cnc2c(=O)[nH]c3cc(C(=O)N4CCc5cc(OI)c(OC)cc5C4C)ccc3n12. The number of carbonyl (C=O) groups is 1. The second-order valence-electron chi connectivity index (χ2n) is 8.55. The van der Waals surface area contributed by atoms with E-state index in [1.54, 1.807) is 19.4 Å². The van der Waals surface area contributed by atoms with Gasteiger partial charge in [-0.1, -0.05) is 13.3 Å². The minimum Gasteiger partial charge on any atom is -0.493 e. The highest BCUT2D eigenvalue weighted by Gasteiger charge is 2.30. The Labute approximate surface area is 210 Å². The van der Waals surface area contributed by atoms with Crippen LogP contribution in [0.5, 0.6) is 11.5 Å². The third-order valence-electron chi connectivity index (χ3n) is 6.59. The molecule has 0 radical (unpaired) electrons. The van der Waals surface area contributed by atoms with Crippen LogP contribution in [0.1, 0.15) is 53.5 Å². The fourth-order valence-corrected chi connectivity index (χ4v) is 5.22. The van der Waals surface area contributed by atoms with E-state index in [0.29, 0.717) is 34.8 Å². The molecule has 0 spiro atoms. The number of imidazole rings is 1. The summed E-state index contributed by atoms with van der Waals surface area (Å²) in [5, 5.41) is 0. The number of halogens is 1. The van der Waals surface area contributed by atoms with Crippen LogP contribution in [0, 0.1) is 0 Å². The van der Waals surface area contributed by atoms with Crippen LogP contribution >= 0.6 is 23.0 Å². The van der Waals surface area contributed by atoms with E-state index in [-0.39, 0.29) is 17.5 Å². The van der Waals surface area contributed by atoms with E-state index in [2.05, 4.69) is 16.9 Å². The fraction of sp³-hybridized carbons (Fsp3) is 0.320. The van der Waals surface area contributed by atoms with Gasteiger partial charge in [0.2, 0.25) is 5.65 Å². The number of aromatic amines is 1. The zero-order valence-electron chi connectivity index (χ0n) is 19.2. The summed E-state index contributed by atoms with van der Waals surface area (Å²) in [7, 11) is 1.61. The number of nitrogens with zero attached hydrogens (tertiary/aromatic N) is 3. The molecule has 0 bridgehead atoms. The standard InChI is InChI=1S/C25H25IN4O4/c1-4-5-17-13-27-23-24(31)28-19-10-16(6-7-20(19)30(17)23)25(32)29-9-8-15-11-22(34-26)21(33-3)12-18(15)14(29)2/h6-7,10-14H,4-5,8-9H2,1-3H3,(H,28,31). The van der Waals surface area contributed by atoms with Crippen LogP contribution in [0.25, 0.3) is 16.7 Å². The molecule has 176 valence electrons. The molecule has 3 heterocycles. The number of methoxy groups -OCH3 is 1. The Bertz CT molecular complexity index is 1480. The summed E-state index contributed by atoms with van der Waals surface area (Å²) in [5.74, 6) is 1.25. The Hall–Kier alpha value is -3.08. The summed E-state index contributed by atoms with van der Waals surface area (Å²) >= 11 is 1.85. The number of amides is 1. The van der Waals surface area contributed by atoms with Gasteiger partial charge in [0.05, 0.1) is 24.2 Å². The molecule has 0 saturated carbocycles. The molecule has 1 aliphatic heterocycles. The van der Waals surface area contributed by atoms with Gasteiger partial charge in [-0.3, -0.25) is 14.0 Å². The van der Waals surface area contributed by atoms with Crippen LogP contribution in [0.15, 0.2) is 41.3 Å². The van der Waals surface area contributed by atoms with Crippen molar-refractivity contribution in [3.63, 3.8) is 0 Å². The molecule has 2 aromatic carbocycles. The van der Waals surface area contributed by atoms with Gasteiger partial charge in [0.15, 0.2) is 34.5 Å². The highest BCUT2D eigenvalue weighted by atomic mass is 127. The second-order valence-corrected chi connectivity index (χ2v) is 8.99. The smallest absolute Gasteiger partial charge is 0.292 e. The highest BCUT2D eigenvalue weighted by Crippen LogP contribution is 2.39. The summed E-state index contributed by atoms with van der Waals surface area (Å²) in [6, 6.07) is 9.30. The molecule has 0 saturated heterocycles. The maximum absolute atomic E-state index is 13.6. The number of hydrogen-bond acceptors (Lipinski definition) is 5. The van der Waals surface area contributed by atoms with Crippen LogP contribution < -0.4 is 13.4 Å². The number of carbonyl (C=O) groups excluding carboxylic acids is 1. The van der Waals surface area contributed by atoms with Gasteiger partial charge in [0.1, 0.15) is 0 Å². The van der Waals surface area contributed by atoms with Crippen molar-refractivity contribution < 1.29 is 12.6 Å². The molecule has 5 rings (SSSR count). The molecule has 0 aliphatic carbocycles. The largest absolute Gasteiger partial charge is 0.493 e. The van der Waals surface area contributed by atoms with E-state index in [0.717, 1.165) is 41.6 Å². The zero-order valence-corrected chi connectivity index (χ0v) is 21.4. The van der Waals surface area contributed by atoms with E-state index in [1.165, 1.54) is 0 Å². The van der Waals surface area contributed by atoms with Gasteiger partial charge in [0, 0.05) is 24.0 Å². The molecule has 1 unspecified atom stereocenters. The third-order valence-corrected chi connectivity index (χ3v) is 7.06. The van der Waals surface area contributed by atoms with Crippen molar-refractivity contribution in [1.29, 1.82) is 0 Å². The van der Waals surface area contributed by atoms with E-state index in [1.807, 2.05) is 63.5 Å². The Kier molecular flexibility index (Phi) is 5.97. The first-order valence-corrected chi connectivity index (χ1v) is 12.2. The van der Waals surface area contributed by atoms with Gasteiger partial charge in [-0.05, 0) is 61.2 Å². The minimum atomic E-state index is -0.264. The lowest BCUT2D eigenvalue weighted by Gasteiger charge is -2.35. The minimum absolute atomic E-state index is 0.0754. The average Bonchev–Trinajstić information content (AvgIpc) is 3.28. The maximum Gasteiger partial charge on any atom is 0.292 e. The summed E-state index contributed by atoms with van der Waals surface area (Å²) in [4.78, 5) is 35.3. The van der Waals surface area contributed by atoms with Crippen molar-refractivity contribution in [2.24, 2.45) is 0 Å². The molecule has 9 heteroatoms. The quantitative estimate of drug-likeness (QED) is 0.353. The van der Waals surface area contributed by atoms with Gasteiger partial charge in [-0.2, -0.15) is 0 Å². The Morgan fingerprint density at radius 1 is 1.26 bits per heavy atom. The van der Waals surface area contributed by atoms with Crippen molar-refractivity contribution in [3.05, 3.63) is 69.3 Å². The molecule has 1 amide bonds. The van der Waals surface area contributed by atoms with Gasteiger partial charge in [0.25, 0.3) is 11.5 Å². The number of rotatable bonds is 5. The number of fused-ring (bicyclic) bond motifs is 4. The first-order chi connectivity index (χ1) is 16.5. The van der Waals surface area contributed by atoms with Crippen LogP contribution in [0.3, 0.4) is 0 Å². The second kappa shape index (κ2) is 8.94. The average molecular weight is 572 g/mol. The first-order valence-electron chi connectivity index (χ1n) is 11.3. The van der Waals surface area contributed by atoms with Gasteiger partial charge in [-0.15, -0.1) is 0 Å². The number of aromatic nitrogens is 3. The zero-order chi connectivity index (χ0) is 24.0. The van der Waals surface area contributed by atoms with E-state index in [9.17, 15) is 9.59 Å². The summed E-state index contributed by atoms with van der Waals surface area (Å²) < 4.78 is 12.8. The lowest BCUT2D eigenvalue weighted by molar-refractivity contribution is 0.0677. The van der Waals surface area contributed by atoms with Crippen molar-refractivity contribution >= 4 is 45.6 Å². The predicted molar refractivity (Wildman–Crippen MR) is 138 cm³/mol. The van der Waals surface area contributed by atoms with Crippen LogP contribution in [0.4, 0.5) is 0 Å². The molecule has 4 aromatic rings. The molecule has 1 aliphatic rings. The monoisotopic (exact) mass is 572 g/mol. The maximum atomic E-state index is 13.6. The number of ether oxygens (including phenoxy) is 1. The number of benzene rings is 2. The molecule has 0 fully saturated rings.